The molecule has 58 valence electrons. The summed E-state index contributed by atoms with van der Waals surface area (Å²) >= 11 is 0. The normalized spacial score (nSPS) is 23.7. The molecule has 1 aromatic rings. The zero-order chi connectivity index (χ0) is 7.97. The molecule has 0 aromatic carbocycles. The van der Waals surface area contributed by atoms with E-state index in [4.69, 9.17) is 0 Å². The molecule has 0 radical (unpaired) electrons. The summed E-state index contributed by atoms with van der Waals surface area (Å²) in [5.74, 6) is 0.838. The summed E-state index contributed by atoms with van der Waals surface area (Å²) in [5.41, 5.74) is 0.954. The van der Waals surface area contributed by atoms with Gasteiger partial charge < -0.3 is 0 Å². The van der Waals surface area contributed by atoms with E-state index in [1.54, 1.807) is 25.0 Å². The average Bonchev–Trinajstić information content (AvgIpc) is 2.71. The second kappa shape index (κ2) is 1.88. The summed E-state index contributed by atoms with van der Waals surface area (Å²) in [7, 11) is 0. The number of nitrogens with zero attached hydrogens (tertiary/aromatic N) is 5. The number of hydrogen-bond acceptors (Lipinski definition) is 4. The van der Waals surface area contributed by atoms with Crippen LogP contribution in [0.5, 0.6) is 0 Å². The highest BCUT2D eigenvalue weighted by Gasteiger charge is 2.23. The van der Waals surface area contributed by atoms with Gasteiger partial charge in [0.2, 0.25) is 0 Å². The molecule has 2 aliphatic heterocycles. The van der Waals surface area contributed by atoms with Crippen LogP contribution in [-0.4, -0.2) is 33.9 Å². The van der Waals surface area contributed by atoms with Gasteiger partial charge in [-0.15, -0.1) is 5.10 Å². The van der Waals surface area contributed by atoms with Gasteiger partial charge in [0.05, 0.1) is 18.1 Å². The zero-order valence-electron chi connectivity index (χ0n) is 6.12. The third kappa shape index (κ3) is 0.578. The Balaban J connectivity index is 2.26. The molecule has 12 heavy (non-hydrogen) atoms. The van der Waals surface area contributed by atoms with Gasteiger partial charge in [-0.05, 0) is 0 Å². The van der Waals surface area contributed by atoms with Crippen molar-refractivity contribution in [3.63, 3.8) is 0 Å². The van der Waals surface area contributed by atoms with Gasteiger partial charge in [-0.1, -0.05) is 0 Å². The van der Waals surface area contributed by atoms with Crippen molar-refractivity contribution in [1.29, 1.82) is 0 Å². The Bertz CT molecular complexity index is 411. The van der Waals surface area contributed by atoms with E-state index in [2.05, 4.69) is 20.2 Å². The van der Waals surface area contributed by atoms with Crippen LogP contribution in [0.2, 0.25) is 0 Å². The van der Waals surface area contributed by atoms with Gasteiger partial charge >= 0.3 is 0 Å². The molecule has 0 fully saturated rings. The molecule has 1 aromatic heterocycles. The van der Waals surface area contributed by atoms with Crippen molar-refractivity contribution in [3.8, 4) is 0 Å². The Kier molecular flexibility index (Phi) is 0.910. The van der Waals surface area contributed by atoms with Crippen LogP contribution < -0.4 is 0 Å². The molecule has 0 saturated heterocycles. The third-order valence-corrected chi connectivity index (χ3v) is 1.91. The van der Waals surface area contributed by atoms with E-state index in [9.17, 15) is 0 Å². The summed E-state index contributed by atoms with van der Waals surface area (Å²) in [6, 6.07) is -0.00769. The Morgan fingerprint density at radius 2 is 2.42 bits per heavy atom. The minimum absolute atomic E-state index is 0.00769. The van der Waals surface area contributed by atoms with Crippen molar-refractivity contribution >= 4 is 18.3 Å². The van der Waals surface area contributed by atoms with Crippen LogP contribution in [0.1, 0.15) is 5.69 Å². The maximum absolute atomic E-state index is 4.24. The van der Waals surface area contributed by atoms with E-state index in [1.165, 1.54) is 0 Å². The van der Waals surface area contributed by atoms with E-state index >= 15 is 0 Å². The first kappa shape index (κ1) is 5.82. The minimum atomic E-state index is -0.00769. The summed E-state index contributed by atoms with van der Waals surface area (Å²) < 4.78 is 1.89. The number of fused-ring (bicyclic) bond motifs is 3. The van der Waals surface area contributed by atoms with Crippen molar-refractivity contribution in [2.75, 3.05) is 0 Å². The smallest absolute Gasteiger partial charge is 0.167 e. The monoisotopic (exact) mass is 159 g/mol. The SMILES string of the molecule is C1=NN=C2C1N=Cc1cncn12. The van der Waals surface area contributed by atoms with Crippen molar-refractivity contribution in [1.82, 2.24) is 9.55 Å². The number of aliphatic imine (C=N–C) groups is 1. The highest BCUT2D eigenvalue weighted by atomic mass is 15.3. The lowest BCUT2D eigenvalue weighted by Crippen LogP contribution is -2.29. The maximum Gasteiger partial charge on any atom is 0.167 e. The predicted octanol–water partition coefficient (Wildman–Crippen LogP) is -0.0698. The Morgan fingerprint density at radius 3 is 3.42 bits per heavy atom. The van der Waals surface area contributed by atoms with E-state index in [-0.39, 0.29) is 6.04 Å². The molecule has 0 bridgehead atoms. The fraction of sp³-hybridized carbons (Fsp3) is 0.143. The molecular weight excluding hydrogens is 154 g/mol. The summed E-state index contributed by atoms with van der Waals surface area (Å²) in [6.07, 6.45) is 6.98. The molecule has 0 N–H and O–H groups in total. The van der Waals surface area contributed by atoms with Gasteiger partial charge in [0.1, 0.15) is 12.4 Å². The fourth-order valence-electron chi connectivity index (χ4n) is 1.33. The molecule has 3 rings (SSSR count). The van der Waals surface area contributed by atoms with E-state index in [0.29, 0.717) is 0 Å². The van der Waals surface area contributed by atoms with Gasteiger partial charge in [0, 0.05) is 6.21 Å². The first-order chi connectivity index (χ1) is 5.95. The van der Waals surface area contributed by atoms with E-state index in [1.807, 2.05) is 4.57 Å². The minimum Gasteiger partial charge on any atom is -0.282 e. The van der Waals surface area contributed by atoms with Crippen LogP contribution in [0.15, 0.2) is 27.7 Å². The van der Waals surface area contributed by atoms with Crippen LogP contribution in [0.25, 0.3) is 0 Å². The lowest BCUT2D eigenvalue weighted by molar-refractivity contribution is 0.998. The largest absolute Gasteiger partial charge is 0.282 e. The van der Waals surface area contributed by atoms with Crippen molar-refractivity contribution in [2.24, 2.45) is 15.2 Å². The first-order valence-electron chi connectivity index (χ1n) is 3.62. The molecule has 0 amide bonds. The molecule has 1 unspecified atom stereocenters. The third-order valence-electron chi connectivity index (χ3n) is 1.91. The lowest BCUT2D eigenvalue weighted by atomic mass is 10.2. The van der Waals surface area contributed by atoms with Crippen LogP contribution in [0, 0.1) is 0 Å². The quantitative estimate of drug-likeness (QED) is 0.522. The first-order valence-corrected chi connectivity index (χ1v) is 3.62. The maximum atomic E-state index is 4.24. The second-order valence-corrected chi connectivity index (χ2v) is 2.63. The van der Waals surface area contributed by atoms with Gasteiger partial charge in [-0.2, -0.15) is 5.10 Å². The average molecular weight is 159 g/mol. The highest BCUT2D eigenvalue weighted by molar-refractivity contribution is 6.10. The van der Waals surface area contributed by atoms with Crippen molar-refractivity contribution in [3.05, 3.63) is 18.2 Å². The zero-order valence-corrected chi connectivity index (χ0v) is 6.12. The number of aromatic nitrogens is 2. The summed E-state index contributed by atoms with van der Waals surface area (Å²) in [5, 5.41) is 7.77. The fourth-order valence-corrected chi connectivity index (χ4v) is 1.33. The molecule has 0 spiro atoms. The van der Waals surface area contributed by atoms with Crippen molar-refractivity contribution < 1.29 is 0 Å². The lowest BCUT2D eigenvalue weighted by Gasteiger charge is -2.12. The van der Waals surface area contributed by atoms with E-state index in [0.717, 1.165) is 11.5 Å². The molecular formula is C7H5N5. The molecule has 2 aliphatic rings. The molecule has 5 nitrogen and oxygen atoms in total. The highest BCUT2D eigenvalue weighted by Crippen LogP contribution is 2.11. The Morgan fingerprint density at radius 1 is 1.42 bits per heavy atom. The standard InChI is InChI=1S/C7H5N5/c1-5-2-9-6-3-10-11-7(6)12(5)4-8-1/h1-4,6H. The number of hydrogen-bond donors (Lipinski definition) is 0. The molecule has 1 atom stereocenters. The summed E-state index contributed by atoms with van der Waals surface area (Å²) in [4.78, 5) is 8.24. The molecule has 3 heterocycles. The summed E-state index contributed by atoms with van der Waals surface area (Å²) in [6.45, 7) is 0. The van der Waals surface area contributed by atoms with Crippen LogP contribution >= 0.6 is 0 Å². The van der Waals surface area contributed by atoms with Crippen LogP contribution in [0.3, 0.4) is 0 Å². The molecule has 5 heteroatoms. The van der Waals surface area contributed by atoms with Crippen LogP contribution in [0.4, 0.5) is 0 Å². The van der Waals surface area contributed by atoms with Crippen molar-refractivity contribution in [2.45, 2.75) is 6.04 Å². The van der Waals surface area contributed by atoms with Gasteiger partial charge in [-0.3, -0.25) is 9.56 Å². The topological polar surface area (TPSA) is 54.9 Å². The molecule has 0 saturated carbocycles. The van der Waals surface area contributed by atoms with Gasteiger partial charge in [-0.25, -0.2) is 4.98 Å². The second-order valence-electron chi connectivity index (χ2n) is 2.63. The molecule has 0 aliphatic carbocycles. The van der Waals surface area contributed by atoms with E-state index < -0.39 is 0 Å². The predicted molar refractivity (Wildman–Crippen MR) is 44.9 cm³/mol. The van der Waals surface area contributed by atoms with Gasteiger partial charge in [0.25, 0.3) is 0 Å². The Hall–Kier alpha value is -1.78. The number of imidazole rings is 1. The van der Waals surface area contributed by atoms with Gasteiger partial charge in [0.15, 0.2) is 5.84 Å². The Labute approximate surface area is 68.2 Å². The van der Waals surface area contributed by atoms with Crippen LogP contribution in [-0.2, 0) is 0 Å². The number of rotatable bonds is 0.